The van der Waals surface area contributed by atoms with Crippen molar-refractivity contribution in [2.45, 2.75) is 6.61 Å². The highest BCUT2D eigenvalue weighted by Crippen LogP contribution is 2.22. The summed E-state index contributed by atoms with van der Waals surface area (Å²) in [6.07, 6.45) is 1.70. The number of aromatic nitrogens is 1. The zero-order chi connectivity index (χ0) is 21.6. The highest BCUT2D eigenvalue weighted by molar-refractivity contribution is 9.10. The first-order chi connectivity index (χ1) is 15.1. The Labute approximate surface area is 191 Å². The summed E-state index contributed by atoms with van der Waals surface area (Å²) in [6.45, 7) is 4.34. The van der Waals surface area contributed by atoms with Gasteiger partial charge >= 0.3 is 0 Å². The number of rotatable bonds is 6. The van der Waals surface area contributed by atoms with Crippen LogP contribution in [0.1, 0.15) is 15.9 Å². The maximum atomic E-state index is 12.9. The van der Waals surface area contributed by atoms with Crippen LogP contribution in [0.4, 0.5) is 11.5 Å². The normalized spacial score (nSPS) is 14.3. The molecule has 1 saturated heterocycles. The van der Waals surface area contributed by atoms with E-state index in [0.717, 1.165) is 42.0 Å². The Morgan fingerprint density at radius 2 is 1.87 bits per heavy atom. The number of carbonyl (C=O) groups excluding carboxylic acids is 1. The quantitative estimate of drug-likeness (QED) is 0.565. The Morgan fingerprint density at radius 3 is 2.61 bits per heavy atom. The summed E-state index contributed by atoms with van der Waals surface area (Å²) in [7, 11) is 2.13. The number of pyridine rings is 1. The van der Waals surface area contributed by atoms with Crippen LogP contribution < -0.4 is 15.0 Å². The van der Waals surface area contributed by atoms with Crippen molar-refractivity contribution in [3.63, 3.8) is 0 Å². The van der Waals surface area contributed by atoms with Crippen molar-refractivity contribution in [3.8, 4) is 5.75 Å². The minimum Gasteiger partial charge on any atom is -0.488 e. The van der Waals surface area contributed by atoms with E-state index >= 15 is 0 Å². The van der Waals surface area contributed by atoms with Gasteiger partial charge in [0.2, 0.25) is 0 Å². The lowest BCUT2D eigenvalue weighted by Crippen LogP contribution is -2.44. The first kappa shape index (κ1) is 21.3. The van der Waals surface area contributed by atoms with Crippen molar-refractivity contribution in [1.82, 2.24) is 9.88 Å². The van der Waals surface area contributed by atoms with Crippen LogP contribution in [0.25, 0.3) is 0 Å². The summed E-state index contributed by atoms with van der Waals surface area (Å²) < 4.78 is 6.93. The van der Waals surface area contributed by atoms with Crippen LogP contribution in [-0.2, 0) is 6.61 Å². The fraction of sp³-hybridized carbons (Fsp3) is 0.250. The van der Waals surface area contributed by atoms with Crippen LogP contribution in [-0.4, -0.2) is 49.0 Å². The van der Waals surface area contributed by atoms with Crippen molar-refractivity contribution >= 4 is 33.3 Å². The van der Waals surface area contributed by atoms with Gasteiger partial charge in [-0.1, -0.05) is 40.2 Å². The summed E-state index contributed by atoms with van der Waals surface area (Å²) in [5.74, 6) is 1.25. The van der Waals surface area contributed by atoms with Crippen molar-refractivity contribution in [2.24, 2.45) is 0 Å². The number of hydrogen-bond acceptors (Lipinski definition) is 5. The largest absolute Gasteiger partial charge is 0.488 e. The average Bonchev–Trinajstić information content (AvgIpc) is 2.79. The summed E-state index contributed by atoms with van der Waals surface area (Å²) in [6, 6.07) is 19.0. The highest BCUT2D eigenvalue weighted by atomic mass is 79.9. The van der Waals surface area contributed by atoms with Crippen LogP contribution in [0.5, 0.6) is 5.75 Å². The van der Waals surface area contributed by atoms with Crippen LogP contribution in [0.15, 0.2) is 71.3 Å². The lowest BCUT2D eigenvalue weighted by Gasteiger charge is -2.33. The molecule has 1 fully saturated rings. The second kappa shape index (κ2) is 9.94. The van der Waals surface area contributed by atoms with Gasteiger partial charge in [-0.25, -0.2) is 4.98 Å². The topological polar surface area (TPSA) is 57.7 Å². The third-order valence-corrected chi connectivity index (χ3v) is 5.74. The molecule has 1 amide bonds. The molecule has 1 aliphatic heterocycles. The molecule has 1 aromatic heterocycles. The fourth-order valence-corrected chi connectivity index (χ4v) is 3.90. The predicted molar refractivity (Wildman–Crippen MR) is 127 cm³/mol. The molecule has 2 aromatic carbocycles. The number of hydrogen-bond donors (Lipinski definition) is 1. The van der Waals surface area contributed by atoms with Crippen molar-refractivity contribution in [1.29, 1.82) is 0 Å². The van der Waals surface area contributed by atoms with Crippen LogP contribution in [0.2, 0.25) is 0 Å². The van der Waals surface area contributed by atoms with Gasteiger partial charge in [-0.15, -0.1) is 0 Å². The van der Waals surface area contributed by atoms with Gasteiger partial charge in [0.15, 0.2) is 0 Å². The number of nitrogens with one attached hydrogen (secondary N) is 1. The van der Waals surface area contributed by atoms with Crippen molar-refractivity contribution in [3.05, 3.63) is 82.5 Å². The number of nitrogens with zero attached hydrogens (tertiary/aromatic N) is 3. The summed E-state index contributed by atoms with van der Waals surface area (Å²) in [5, 5.41) is 2.93. The molecule has 0 spiro atoms. The Kier molecular flexibility index (Phi) is 6.84. The zero-order valence-electron chi connectivity index (χ0n) is 17.4. The minimum atomic E-state index is -0.223. The maximum Gasteiger partial charge on any atom is 0.259 e. The Bertz CT molecular complexity index is 1030. The molecule has 0 atom stereocenters. The molecule has 0 unspecified atom stereocenters. The zero-order valence-corrected chi connectivity index (χ0v) is 19.0. The molecule has 0 saturated carbocycles. The Hall–Kier alpha value is -2.90. The number of likely N-dealkylation sites (N-methyl/N-ethyl adjacent to an activating group) is 1. The summed E-state index contributed by atoms with van der Waals surface area (Å²) >= 11 is 3.47. The van der Waals surface area contributed by atoms with Gasteiger partial charge in [-0.3, -0.25) is 4.79 Å². The average molecular weight is 481 g/mol. The maximum absolute atomic E-state index is 12.9. The van der Waals surface area contributed by atoms with Gasteiger partial charge in [0.25, 0.3) is 5.91 Å². The monoisotopic (exact) mass is 480 g/mol. The van der Waals surface area contributed by atoms with Gasteiger partial charge in [-0.2, -0.15) is 0 Å². The van der Waals surface area contributed by atoms with Crippen LogP contribution >= 0.6 is 15.9 Å². The number of anilines is 2. The Morgan fingerprint density at radius 1 is 1.06 bits per heavy atom. The molecule has 1 N–H and O–H groups in total. The minimum absolute atomic E-state index is 0.223. The molecule has 31 heavy (non-hydrogen) atoms. The van der Waals surface area contributed by atoms with Crippen LogP contribution in [0, 0.1) is 0 Å². The fourth-order valence-electron chi connectivity index (χ4n) is 3.45. The lowest BCUT2D eigenvalue weighted by molar-refractivity contribution is 0.102. The molecular weight excluding hydrogens is 456 g/mol. The van der Waals surface area contributed by atoms with E-state index in [1.165, 1.54) is 0 Å². The smallest absolute Gasteiger partial charge is 0.259 e. The lowest BCUT2D eigenvalue weighted by atomic mass is 10.2. The SMILES string of the molecule is CN1CCN(c2ccc(NC(=O)c3ccccc3OCc3cccc(Br)c3)cn2)CC1. The van der Waals surface area contributed by atoms with E-state index in [1.54, 1.807) is 12.3 Å². The molecule has 7 heteroatoms. The van der Waals surface area contributed by atoms with E-state index in [-0.39, 0.29) is 5.91 Å². The number of carbonyl (C=O) groups is 1. The molecule has 0 bridgehead atoms. The second-order valence-corrected chi connectivity index (χ2v) is 8.48. The molecule has 4 rings (SSSR count). The van der Waals surface area contributed by atoms with Crippen molar-refractivity contribution in [2.75, 3.05) is 43.4 Å². The molecular formula is C24H25BrN4O2. The van der Waals surface area contributed by atoms with Gasteiger partial charge in [0.1, 0.15) is 18.2 Å². The molecule has 6 nitrogen and oxygen atoms in total. The van der Waals surface area contributed by atoms with Crippen molar-refractivity contribution < 1.29 is 9.53 Å². The number of halogens is 1. The van der Waals surface area contributed by atoms with E-state index in [2.05, 4.69) is 43.1 Å². The molecule has 1 aliphatic rings. The third kappa shape index (κ3) is 5.62. The number of para-hydroxylation sites is 1. The second-order valence-electron chi connectivity index (χ2n) is 7.56. The van der Waals surface area contributed by atoms with E-state index in [0.29, 0.717) is 23.6 Å². The van der Waals surface area contributed by atoms with E-state index in [1.807, 2.05) is 54.6 Å². The van der Waals surface area contributed by atoms with Gasteiger partial charge in [-0.05, 0) is 49.0 Å². The number of amides is 1. The summed E-state index contributed by atoms with van der Waals surface area (Å²) in [5.41, 5.74) is 2.17. The van der Waals surface area contributed by atoms with E-state index in [9.17, 15) is 4.79 Å². The Balaban J connectivity index is 1.40. The highest BCUT2D eigenvalue weighted by Gasteiger charge is 2.16. The molecule has 160 valence electrons. The first-order valence-electron chi connectivity index (χ1n) is 10.3. The van der Waals surface area contributed by atoms with Gasteiger partial charge in [0.05, 0.1) is 17.4 Å². The predicted octanol–water partition coefficient (Wildman–Crippen LogP) is 4.43. The molecule has 0 aliphatic carbocycles. The first-order valence-corrected chi connectivity index (χ1v) is 11.0. The number of ether oxygens (including phenoxy) is 1. The third-order valence-electron chi connectivity index (χ3n) is 5.25. The molecule has 0 radical (unpaired) electrons. The van der Waals surface area contributed by atoms with E-state index < -0.39 is 0 Å². The van der Waals surface area contributed by atoms with Gasteiger partial charge in [0, 0.05) is 30.7 Å². The standard InChI is InChI=1S/C24H25BrN4O2/c1-28-11-13-29(14-12-28)23-10-9-20(16-26-23)27-24(30)21-7-2-3-8-22(21)31-17-18-5-4-6-19(25)15-18/h2-10,15-16H,11-14,17H2,1H3,(H,27,30). The molecule has 3 aromatic rings. The van der Waals surface area contributed by atoms with Gasteiger partial charge < -0.3 is 19.9 Å². The van der Waals surface area contributed by atoms with Crippen LogP contribution in [0.3, 0.4) is 0 Å². The van der Waals surface area contributed by atoms with E-state index in [4.69, 9.17) is 4.74 Å². The summed E-state index contributed by atoms with van der Waals surface area (Å²) in [4.78, 5) is 22.0. The molecule has 2 heterocycles. The number of piperazine rings is 1. The number of benzene rings is 2.